The Morgan fingerprint density at radius 3 is 2.70 bits per heavy atom. The van der Waals surface area contributed by atoms with Crippen LogP contribution in [0.4, 0.5) is 0 Å². The molecule has 20 heavy (non-hydrogen) atoms. The molecule has 0 unspecified atom stereocenters. The number of ether oxygens (including phenoxy) is 2. The first-order chi connectivity index (χ1) is 9.74. The van der Waals surface area contributed by atoms with Crippen molar-refractivity contribution in [3.05, 3.63) is 58.7 Å². The molecule has 1 aliphatic rings. The summed E-state index contributed by atoms with van der Waals surface area (Å²) >= 11 is 0. The van der Waals surface area contributed by atoms with E-state index in [1.165, 1.54) is 16.7 Å². The van der Waals surface area contributed by atoms with Gasteiger partial charge in [-0.05, 0) is 31.0 Å². The molecule has 0 saturated heterocycles. The molecule has 0 spiro atoms. The maximum atomic E-state index is 5.51. The third-order valence-electron chi connectivity index (χ3n) is 3.61. The van der Waals surface area contributed by atoms with E-state index in [4.69, 9.17) is 9.47 Å². The predicted molar refractivity (Wildman–Crippen MR) is 79.0 cm³/mol. The average molecular weight is 269 g/mol. The maximum absolute atomic E-state index is 5.51. The lowest BCUT2D eigenvalue weighted by atomic mass is 10.1. The van der Waals surface area contributed by atoms with Crippen LogP contribution in [-0.2, 0) is 13.1 Å². The van der Waals surface area contributed by atoms with Gasteiger partial charge >= 0.3 is 0 Å². The van der Waals surface area contributed by atoms with Gasteiger partial charge < -0.3 is 14.8 Å². The van der Waals surface area contributed by atoms with Gasteiger partial charge in [0.15, 0.2) is 11.5 Å². The van der Waals surface area contributed by atoms with Crippen molar-refractivity contribution in [2.24, 2.45) is 0 Å². The smallest absolute Gasteiger partial charge is 0.231 e. The van der Waals surface area contributed by atoms with Gasteiger partial charge in [0.05, 0.1) is 0 Å². The number of aryl methyl sites for hydroxylation is 2. The second-order valence-corrected chi connectivity index (χ2v) is 5.18. The number of para-hydroxylation sites is 1. The minimum absolute atomic E-state index is 0.323. The molecule has 0 aliphatic carbocycles. The highest BCUT2D eigenvalue weighted by Gasteiger charge is 2.16. The third-order valence-corrected chi connectivity index (χ3v) is 3.61. The molecule has 1 N–H and O–H groups in total. The molecule has 0 atom stereocenters. The Morgan fingerprint density at radius 1 is 1.00 bits per heavy atom. The van der Waals surface area contributed by atoms with Crippen molar-refractivity contribution in [1.29, 1.82) is 0 Å². The molecule has 1 aliphatic heterocycles. The zero-order chi connectivity index (χ0) is 13.9. The topological polar surface area (TPSA) is 30.5 Å². The Labute approximate surface area is 119 Å². The van der Waals surface area contributed by atoms with Gasteiger partial charge in [0.1, 0.15) is 0 Å². The van der Waals surface area contributed by atoms with Crippen LogP contribution >= 0.6 is 0 Å². The summed E-state index contributed by atoms with van der Waals surface area (Å²) in [6, 6.07) is 12.6. The molecule has 0 saturated carbocycles. The molecule has 0 fully saturated rings. The summed E-state index contributed by atoms with van der Waals surface area (Å²) in [5.74, 6) is 1.72. The lowest BCUT2D eigenvalue weighted by Crippen LogP contribution is -2.14. The third kappa shape index (κ3) is 2.63. The molecule has 1 heterocycles. The normalized spacial score (nSPS) is 12.7. The van der Waals surface area contributed by atoms with Gasteiger partial charge in [0.25, 0.3) is 0 Å². The lowest BCUT2D eigenvalue weighted by molar-refractivity contribution is 0.173. The van der Waals surface area contributed by atoms with E-state index >= 15 is 0 Å². The summed E-state index contributed by atoms with van der Waals surface area (Å²) in [5.41, 5.74) is 5.11. The highest BCUT2D eigenvalue weighted by atomic mass is 16.7. The van der Waals surface area contributed by atoms with Gasteiger partial charge in [-0.15, -0.1) is 0 Å². The summed E-state index contributed by atoms with van der Waals surface area (Å²) in [6.07, 6.45) is 0. The largest absolute Gasteiger partial charge is 0.454 e. The number of hydrogen-bond donors (Lipinski definition) is 1. The summed E-state index contributed by atoms with van der Waals surface area (Å²) in [4.78, 5) is 0. The number of nitrogens with one attached hydrogen (secondary N) is 1. The van der Waals surface area contributed by atoms with Gasteiger partial charge in [-0.2, -0.15) is 0 Å². The fourth-order valence-corrected chi connectivity index (χ4v) is 2.51. The van der Waals surface area contributed by atoms with E-state index in [9.17, 15) is 0 Å². The van der Waals surface area contributed by atoms with Crippen molar-refractivity contribution >= 4 is 0 Å². The second kappa shape index (κ2) is 5.55. The monoisotopic (exact) mass is 269 g/mol. The minimum atomic E-state index is 0.323. The van der Waals surface area contributed by atoms with Crippen molar-refractivity contribution in [3.63, 3.8) is 0 Å². The second-order valence-electron chi connectivity index (χ2n) is 5.18. The predicted octanol–water partition coefficient (Wildman–Crippen LogP) is 3.32. The van der Waals surface area contributed by atoms with Gasteiger partial charge in [-0.25, -0.2) is 0 Å². The molecule has 0 bridgehead atoms. The summed E-state index contributed by atoms with van der Waals surface area (Å²) in [5, 5.41) is 3.47. The van der Waals surface area contributed by atoms with Crippen molar-refractivity contribution < 1.29 is 9.47 Å². The Hall–Kier alpha value is -2.00. The minimum Gasteiger partial charge on any atom is -0.454 e. The van der Waals surface area contributed by atoms with Gasteiger partial charge in [-0.3, -0.25) is 0 Å². The molecule has 3 nitrogen and oxygen atoms in total. The highest BCUT2D eigenvalue weighted by molar-refractivity contribution is 5.48. The van der Waals surface area contributed by atoms with E-state index in [1.54, 1.807) is 0 Å². The first-order valence-electron chi connectivity index (χ1n) is 6.88. The van der Waals surface area contributed by atoms with E-state index in [2.05, 4.69) is 43.4 Å². The molecule has 3 rings (SSSR count). The van der Waals surface area contributed by atoms with E-state index in [1.807, 2.05) is 12.1 Å². The highest BCUT2D eigenvalue weighted by Crippen LogP contribution is 2.35. The van der Waals surface area contributed by atoms with E-state index in [0.29, 0.717) is 6.79 Å². The molecule has 3 heteroatoms. The standard InChI is InChI=1S/C17H19NO2/c1-12-6-7-14(13(2)8-12)9-18-10-15-4-3-5-16-17(15)20-11-19-16/h3-8,18H,9-11H2,1-2H3. The Kier molecular flexibility index (Phi) is 3.61. The molecule has 0 radical (unpaired) electrons. The molecular weight excluding hydrogens is 250 g/mol. The molecule has 0 aromatic heterocycles. The Balaban J connectivity index is 1.64. The molecular formula is C17H19NO2. The van der Waals surface area contributed by atoms with Gasteiger partial charge in [0.2, 0.25) is 6.79 Å². The number of fused-ring (bicyclic) bond motifs is 1. The Morgan fingerprint density at radius 2 is 1.85 bits per heavy atom. The van der Waals surface area contributed by atoms with Crippen LogP contribution in [0.2, 0.25) is 0 Å². The quantitative estimate of drug-likeness (QED) is 0.923. The number of hydrogen-bond acceptors (Lipinski definition) is 3. The zero-order valence-corrected chi connectivity index (χ0v) is 11.9. The van der Waals surface area contributed by atoms with Gasteiger partial charge in [0, 0.05) is 18.7 Å². The number of rotatable bonds is 4. The van der Waals surface area contributed by atoms with Crippen LogP contribution in [0.15, 0.2) is 36.4 Å². The van der Waals surface area contributed by atoms with E-state index in [0.717, 1.165) is 30.2 Å². The maximum Gasteiger partial charge on any atom is 0.231 e. The van der Waals surface area contributed by atoms with Crippen LogP contribution in [0.1, 0.15) is 22.3 Å². The fourth-order valence-electron chi connectivity index (χ4n) is 2.51. The van der Waals surface area contributed by atoms with Crippen LogP contribution in [0.3, 0.4) is 0 Å². The SMILES string of the molecule is Cc1ccc(CNCc2cccc3c2OCO3)c(C)c1. The van der Waals surface area contributed by atoms with Gasteiger partial charge in [-0.1, -0.05) is 35.9 Å². The molecule has 104 valence electrons. The molecule has 2 aromatic carbocycles. The molecule has 2 aromatic rings. The Bertz CT molecular complexity index is 622. The van der Waals surface area contributed by atoms with E-state index in [-0.39, 0.29) is 0 Å². The van der Waals surface area contributed by atoms with E-state index < -0.39 is 0 Å². The summed E-state index contributed by atoms with van der Waals surface area (Å²) in [7, 11) is 0. The van der Waals surface area contributed by atoms with Crippen molar-refractivity contribution in [2.45, 2.75) is 26.9 Å². The van der Waals surface area contributed by atoms with Crippen LogP contribution < -0.4 is 14.8 Å². The lowest BCUT2D eigenvalue weighted by Gasteiger charge is -2.10. The first-order valence-corrected chi connectivity index (χ1v) is 6.88. The first kappa shape index (κ1) is 13.0. The zero-order valence-electron chi connectivity index (χ0n) is 11.9. The van der Waals surface area contributed by atoms with Crippen LogP contribution in [0.25, 0.3) is 0 Å². The fraction of sp³-hybridized carbons (Fsp3) is 0.294. The summed E-state index contributed by atoms with van der Waals surface area (Å²) in [6.45, 7) is 6.23. The van der Waals surface area contributed by atoms with Crippen molar-refractivity contribution in [3.8, 4) is 11.5 Å². The van der Waals surface area contributed by atoms with Crippen LogP contribution in [0, 0.1) is 13.8 Å². The molecule has 0 amide bonds. The van der Waals surface area contributed by atoms with Crippen molar-refractivity contribution in [1.82, 2.24) is 5.32 Å². The van der Waals surface area contributed by atoms with Crippen LogP contribution in [0.5, 0.6) is 11.5 Å². The average Bonchev–Trinajstić information content (AvgIpc) is 2.90. The van der Waals surface area contributed by atoms with Crippen molar-refractivity contribution in [2.75, 3.05) is 6.79 Å². The van der Waals surface area contributed by atoms with Crippen LogP contribution in [-0.4, -0.2) is 6.79 Å². The number of benzene rings is 2. The summed E-state index contributed by atoms with van der Waals surface area (Å²) < 4.78 is 10.9.